The van der Waals surface area contributed by atoms with Gasteiger partial charge in [0.15, 0.2) is 0 Å². The van der Waals surface area contributed by atoms with Gasteiger partial charge in [-0.1, -0.05) is 13.8 Å². The van der Waals surface area contributed by atoms with Crippen LogP contribution in [0.1, 0.15) is 20.3 Å². The van der Waals surface area contributed by atoms with Gasteiger partial charge >= 0.3 is 6.03 Å². The number of aromatic nitrogens is 1. The topological polar surface area (TPSA) is 109 Å². The van der Waals surface area contributed by atoms with E-state index in [9.17, 15) is 22.8 Å². The first kappa shape index (κ1) is 19.1. The van der Waals surface area contributed by atoms with Crippen LogP contribution in [0.25, 0.3) is 0 Å². The molecular weight excluding hydrogens is 348 g/mol. The Labute approximate surface area is 146 Å². The highest BCUT2D eigenvalue weighted by Crippen LogP contribution is 2.13. The van der Waals surface area contributed by atoms with Crippen LogP contribution >= 0.6 is 0 Å². The number of hydrogen-bond acceptors (Lipinski definition) is 5. The van der Waals surface area contributed by atoms with Gasteiger partial charge in [0.25, 0.3) is 5.56 Å². The Morgan fingerprint density at radius 2 is 1.80 bits per heavy atom. The van der Waals surface area contributed by atoms with Crippen molar-refractivity contribution < 1.29 is 18.0 Å². The number of nitrogens with one attached hydrogen (secondary N) is 1. The van der Waals surface area contributed by atoms with E-state index in [0.29, 0.717) is 19.5 Å². The van der Waals surface area contributed by atoms with E-state index in [2.05, 4.69) is 5.32 Å². The Morgan fingerprint density at radius 3 is 2.36 bits per heavy atom. The van der Waals surface area contributed by atoms with Crippen LogP contribution in [0.5, 0.6) is 0 Å². The number of nitrogens with zero attached hydrogens (tertiary/aromatic N) is 3. The van der Waals surface area contributed by atoms with Crippen LogP contribution < -0.4 is 10.9 Å². The lowest BCUT2D eigenvalue weighted by Crippen LogP contribution is -2.33. The van der Waals surface area contributed by atoms with Gasteiger partial charge < -0.3 is 9.88 Å². The van der Waals surface area contributed by atoms with E-state index < -0.39 is 16.1 Å². The second-order valence-corrected chi connectivity index (χ2v) is 7.48. The third-order valence-electron chi connectivity index (χ3n) is 4.02. The zero-order valence-corrected chi connectivity index (χ0v) is 15.1. The largest absolute Gasteiger partial charge is 0.329 e. The van der Waals surface area contributed by atoms with E-state index in [1.54, 1.807) is 13.8 Å². The van der Waals surface area contributed by atoms with Crippen LogP contribution in [0, 0.1) is 0 Å². The number of carbonyl (C=O) groups is 2. The van der Waals surface area contributed by atoms with Crippen molar-refractivity contribution >= 4 is 22.0 Å². The summed E-state index contributed by atoms with van der Waals surface area (Å²) in [6.07, 6.45) is 1.66. The molecule has 9 nitrogen and oxygen atoms in total. The van der Waals surface area contributed by atoms with E-state index in [1.165, 1.54) is 27.2 Å². The SMILES string of the molecule is CCN(CC)S(=O)(=O)c1ccc(=O)n(CCCN2C(=O)CNC2=O)c1. The van der Waals surface area contributed by atoms with E-state index in [0.717, 1.165) is 4.90 Å². The standard InChI is InChI=1S/C15H22N4O5S/c1-3-18(4-2)25(23,24)12-6-7-13(20)17(11-12)8-5-9-19-14(21)10-16-15(19)22/h6-7,11H,3-5,8-10H2,1-2H3,(H,16,22). The average molecular weight is 370 g/mol. The van der Waals surface area contributed by atoms with E-state index >= 15 is 0 Å². The van der Waals surface area contributed by atoms with Crippen molar-refractivity contribution in [3.63, 3.8) is 0 Å². The molecule has 0 aromatic carbocycles. The summed E-state index contributed by atoms with van der Waals surface area (Å²) in [6, 6.07) is 2.06. The lowest BCUT2D eigenvalue weighted by Gasteiger charge is -2.19. The molecule has 1 saturated heterocycles. The fourth-order valence-electron chi connectivity index (χ4n) is 2.63. The van der Waals surface area contributed by atoms with Crippen molar-refractivity contribution in [1.82, 2.24) is 19.1 Å². The molecule has 3 amide bonds. The first-order chi connectivity index (χ1) is 11.8. The predicted octanol–water partition coefficient (Wildman–Crippen LogP) is -0.179. The van der Waals surface area contributed by atoms with Gasteiger partial charge in [-0.15, -0.1) is 0 Å². The molecule has 1 fully saturated rings. The van der Waals surface area contributed by atoms with Gasteiger partial charge in [-0.05, 0) is 12.5 Å². The molecule has 25 heavy (non-hydrogen) atoms. The zero-order chi connectivity index (χ0) is 18.6. The molecule has 1 aliphatic rings. The lowest BCUT2D eigenvalue weighted by atomic mass is 10.3. The molecule has 138 valence electrons. The smallest absolute Gasteiger partial charge is 0.324 e. The summed E-state index contributed by atoms with van der Waals surface area (Å²) in [5.74, 6) is -0.310. The number of hydrogen-bond donors (Lipinski definition) is 1. The minimum absolute atomic E-state index is 0.0175. The fourth-order valence-corrected chi connectivity index (χ4v) is 4.11. The summed E-state index contributed by atoms with van der Waals surface area (Å²) in [4.78, 5) is 36.1. The van der Waals surface area contributed by atoms with Gasteiger partial charge in [-0.3, -0.25) is 14.5 Å². The third kappa shape index (κ3) is 4.07. The molecule has 0 radical (unpaired) electrons. The molecule has 0 atom stereocenters. The Morgan fingerprint density at radius 1 is 1.12 bits per heavy atom. The molecular formula is C15H22N4O5S. The first-order valence-electron chi connectivity index (χ1n) is 8.10. The molecule has 1 aromatic rings. The summed E-state index contributed by atoms with van der Waals surface area (Å²) in [5.41, 5.74) is -0.337. The average Bonchev–Trinajstić information content (AvgIpc) is 2.89. The number of pyridine rings is 1. The molecule has 2 heterocycles. The number of aryl methyl sites for hydroxylation is 1. The monoisotopic (exact) mass is 370 g/mol. The number of urea groups is 1. The summed E-state index contributed by atoms with van der Waals surface area (Å²) >= 11 is 0. The van der Waals surface area contributed by atoms with E-state index in [4.69, 9.17) is 0 Å². The van der Waals surface area contributed by atoms with Crippen molar-refractivity contribution in [2.45, 2.75) is 31.7 Å². The maximum absolute atomic E-state index is 12.5. The number of sulfonamides is 1. The van der Waals surface area contributed by atoms with E-state index in [1.807, 2.05) is 0 Å². The minimum Gasteiger partial charge on any atom is -0.329 e. The van der Waals surface area contributed by atoms with Crippen molar-refractivity contribution in [1.29, 1.82) is 0 Å². The molecule has 1 aliphatic heterocycles. The Balaban J connectivity index is 2.13. The van der Waals surface area contributed by atoms with Gasteiger partial charge in [0.1, 0.15) is 0 Å². The molecule has 0 bridgehead atoms. The maximum Gasteiger partial charge on any atom is 0.324 e. The van der Waals surface area contributed by atoms with Crippen molar-refractivity contribution in [3.8, 4) is 0 Å². The quantitative estimate of drug-likeness (QED) is 0.639. The molecule has 0 aliphatic carbocycles. The maximum atomic E-state index is 12.5. The molecule has 0 spiro atoms. The summed E-state index contributed by atoms with van der Waals surface area (Å²) in [5, 5.41) is 2.42. The van der Waals surface area contributed by atoms with Crippen LogP contribution in [0.2, 0.25) is 0 Å². The summed E-state index contributed by atoms with van der Waals surface area (Å²) < 4.78 is 27.7. The van der Waals surface area contributed by atoms with Gasteiger partial charge in [0.2, 0.25) is 15.9 Å². The van der Waals surface area contributed by atoms with Gasteiger partial charge in [0, 0.05) is 38.4 Å². The summed E-state index contributed by atoms with van der Waals surface area (Å²) in [7, 11) is -3.65. The number of amides is 3. The Bertz CT molecular complexity index is 797. The van der Waals surface area contributed by atoms with Crippen LogP contribution in [-0.4, -0.2) is 60.3 Å². The first-order valence-corrected chi connectivity index (χ1v) is 9.54. The molecule has 1 N–H and O–H groups in total. The Hall–Kier alpha value is -2.20. The second-order valence-electron chi connectivity index (χ2n) is 5.54. The molecule has 0 unspecified atom stereocenters. The van der Waals surface area contributed by atoms with Gasteiger partial charge in [0.05, 0.1) is 11.4 Å². The van der Waals surface area contributed by atoms with Crippen LogP contribution in [-0.2, 0) is 21.4 Å². The number of imide groups is 1. The molecule has 0 saturated carbocycles. The van der Waals surface area contributed by atoms with Gasteiger partial charge in [-0.25, -0.2) is 13.2 Å². The van der Waals surface area contributed by atoms with E-state index in [-0.39, 0.29) is 36.0 Å². The normalized spacial score (nSPS) is 15.1. The number of carbonyl (C=O) groups excluding carboxylic acids is 2. The molecule has 10 heteroatoms. The predicted molar refractivity (Wildman–Crippen MR) is 90.5 cm³/mol. The van der Waals surface area contributed by atoms with Crippen LogP contribution in [0.15, 0.2) is 28.0 Å². The van der Waals surface area contributed by atoms with Crippen molar-refractivity contribution in [2.75, 3.05) is 26.2 Å². The fraction of sp³-hybridized carbons (Fsp3) is 0.533. The Kier molecular flexibility index (Phi) is 5.96. The minimum atomic E-state index is -3.65. The second kappa shape index (κ2) is 7.79. The number of rotatable bonds is 8. The molecule has 2 rings (SSSR count). The lowest BCUT2D eigenvalue weighted by molar-refractivity contribution is -0.125. The highest BCUT2D eigenvalue weighted by Gasteiger charge is 2.27. The highest BCUT2D eigenvalue weighted by atomic mass is 32.2. The molecule has 1 aromatic heterocycles. The van der Waals surface area contributed by atoms with Crippen molar-refractivity contribution in [2.24, 2.45) is 0 Å². The third-order valence-corrected chi connectivity index (χ3v) is 6.05. The summed E-state index contributed by atoms with van der Waals surface area (Å²) in [6.45, 7) is 4.52. The zero-order valence-electron chi connectivity index (χ0n) is 14.3. The highest BCUT2D eigenvalue weighted by molar-refractivity contribution is 7.89. The van der Waals surface area contributed by atoms with Crippen molar-refractivity contribution in [3.05, 3.63) is 28.7 Å². The van der Waals surface area contributed by atoms with Crippen LogP contribution in [0.4, 0.5) is 4.79 Å². The van der Waals surface area contributed by atoms with Gasteiger partial charge in [-0.2, -0.15) is 4.31 Å². The van der Waals surface area contributed by atoms with Crippen LogP contribution in [0.3, 0.4) is 0 Å².